The monoisotopic (exact) mass is 331 g/mol. The smallest absolute Gasteiger partial charge is 0.337 e. The Hall–Kier alpha value is -0.370. The average molecular weight is 332 g/mol. The summed E-state index contributed by atoms with van der Waals surface area (Å²) in [5.74, 6) is 0.712. The van der Waals surface area contributed by atoms with E-state index in [9.17, 15) is 13.2 Å². The van der Waals surface area contributed by atoms with Crippen molar-refractivity contribution in [3.05, 3.63) is 5.82 Å². The fourth-order valence-electron chi connectivity index (χ4n) is 1.15. The highest BCUT2D eigenvalue weighted by Crippen LogP contribution is 2.25. The lowest BCUT2D eigenvalue weighted by Gasteiger charge is -2.21. The average Bonchev–Trinajstić information content (AvgIpc) is 2.63. The van der Waals surface area contributed by atoms with Crippen LogP contribution in [0.15, 0.2) is 0 Å². The number of hydrogen-bond acceptors (Lipinski definition) is 4. The number of aromatic nitrogens is 2. The zero-order valence-corrected chi connectivity index (χ0v) is 11.9. The van der Waals surface area contributed by atoms with Gasteiger partial charge in [0.1, 0.15) is 12.4 Å². The van der Waals surface area contributed by atoms with E-state index >= 15 is 0 Å². The van der Waals surface area contributed by atoms with E-state index in [-0.39, 0.29) is 12.5 Å². The molecule has 0 N–H and O–H groups in total. The molecule has 1 aromatic heterocycles. The molecule has 0 spiro atoms. The zero-order chi connectivity index (χ0) is 13.1. The fourth-order valence-corrected chi connectivity index (χ4v) is 2.41. The van der Waals surface area contributed by atoms with Crippen molar-refractivity contribution in [2.24, 2.45) is 0 Å². The Bertz CT molecular complexity index is 354. The summed E-state index contributed by atoms with van der Waals surface area (Å²) in [6.45, 7) is 3.08. The van der Waals surface area contributed by atoms with Crippen molar-refractivity contribution in [1.29, 1.82) is 0 Å². The van der Waals surface area contributed by atoms with Gasteiger partial charge in [-0.2, -0.15) is 17.5 Å². The van der Waals surface area contributed by atoms with E-state index < -0.39 is 12.7 Å². The van der Waals surface area contributed by atoms with Gasteiger partial charge in [-0.05, 0) is 0 Å². The summed E-state index contributed by atoms with van der Waals surface area (Å²) in [5, 5.41) is 0.783. The fraction of sp³-hybridized carbons (Fsp3) is 0.778. The Morgan fingerprint density at radius 2 is 2.06 bits per heavy atom. The van der Waals surface area contributed by atoms with Gasteiger partial charge < -0.3 is 4.90 Å². The first kappa shape index (κ1) is 14.7. The van der Waals surface area contributed by atoms with Gasteiger partial charge in [0.15, 0.2) is 0 Å². The molecule has 8 heteroatoms. The van der Waals surface area contributed by atoms with Crippen LogP contribution >= 0.6 is 27.5 Å². The molecule has 0 amide bonds. The second kappa shape index (κ2) is 5.99. The van der Waals surface area contributed by atoms with Crippen LogP contribution in [0, 0.1) is 0 Å². The van der Waals surface area contributed by atoms with Gasteiger partial charge in [0.25, 0.3) is 0 Å². The van der Waals surface area contributed by atoms with Crippen molar-refractivity contribution in [2.75, 3.05) is 23.3 Å². The lowest BCUT2D eigenvalue weighted by atomic mass is 10.2. The number of rotatable bonds is 5. The van der Waals surface area contributed by atoms with E-state index in [1.165, 1.54) is 4.90 Å². The first-order chi connectivity index (χ1) is 7.83. The lowest BCUT2D eigenvalue weighted by Crippen LogP contribution is -2.35. The molecule has 3 nitrogen and oxygen atoms in total. The molecule has 0 bridgehead atoms. The molecule has 0 radical (unpaired) electrons. The molecule has 0 atom stereocenters. The van der Waals surface area contributed by atoms with Crippen LogP contribution in [0.1, 0.15) is 25.6 Å². The molecule has 0 saturated carbocycles. The molecule has 0 unspecified atom stereocenters. The summed E-state index contributed by atoms with van der Waals surface area (Å²) in [6.07, 6.45) is -4.23. The van der Waals surface area contributed by atoms with Crippen LogP contribution in [0.4, 0.5) is 18.3 Å². The predicted octanol–water partition coefficient (Wildman–Crippen LogP) is 3.43. The molecule has 0 aliphatic rings. The number of hydrogen-bond donors (Lipinski definition) is 0. The summed E-state index contributed by atoms with van der Waals surface area (Å²) in [4.78, 5) is 5.32. The zero-order valence-electron chi connectivity index (χ0n) is 9.46. The standard InChI is InChI=1S/C9H13BrF3N3S/c1-6(2)7-14-8(17-15-7)16(4-3-10)5-9(11,12)13/h6H,3-5H2,1-2H3. The third-order valence-corrected chi connectivity index (χ3v) is 3.09. The maximum absolute atomic E-state index is 12.4. The third kappa shape index (κ3) is 4.79. The summed E-state index contributed by atoms with van der Waals surface area (Å²) in [6, 6.07) is 0. The molecule has 17 heavy (non-hydrogen) atoms. The quantitative estimate of drug-likeness (QED) is 0.774. The summed E-state index contributed by atoms with van der Waals surface area (Å²) in [7, 11) is 0. The molecule has 0 aliphatic carbocycles. The van der Waals surface area contributed by atoms with E-state index in [1.54, 1.807) is 0 Å². The predicted molar refractivity (Wildman–Crippen MR) is 66.1 cm³/mol. The van der Waals surface area contributed by atoms with Gasteiger partial charge in [0.05, 0.1) is 0 Å². The van der Waals surface area contributed by atoms with Crippen LogP contribution in [0.5, 0.6) is 0 Å². The SMILES string of the molecule is CC(C)c1nsc(N(CCBr)CC(F)(F)F)n1. The Morgan fingerprint density at radius 3 is 2.47 bits per heavy atom. The van der Waals surface area contributed by atoms with E-state index in [0.29, 0.717) is 16.3 Å². The molecule has 98 valence electrons. The van der Waals surface area contributed by atoms with E-state index in [4.69, 9.17) is 0 Å². The molecule has 0 fully saturated rings. The van der Waals surface area contributed by atoms with Gasteiger partial charge in [-0.25, -0.2) is 4.98 Å². The summed E-state index contributed by atoms with van der Waals surface area (Å²) >= 11 is 4.15. The van der Waals surface area contributed by atoms with Crippen LogP contribution in [0.25, 0.3) is 0 Å². The van der Waals surface area contributed by atoms with Crippen LogP contribution in [-0.4, -0.2) is 34.0 Å². The van der Waals surface area contributed by atoms with E-state index in [0.717, 1.165) is 11.5 Å². The highest BCUT2D eigenvalue weighted by atomic mass is 79.9. The Morgan fingerprint density at radius 1 is 1.41 bits per heavy atom. The van der Waals surface area contributed by atoms with Gasteiger partial charge in [-0.3, -0.25) is 0 Å². The van der Waals surface area contributed by atoms with Crippen LogP contribution in [0.2, 0.25) is 0 Å². The lowest BCUT2D eigenvalue weighted by molar-refractivity contribution is -0.119. The van der Waals surface area contributed by atoms with E-state index in [2.05, 4.69) is 25.3 Å². The Kier molecular flexibility index (Phi) is 5.18. The van der Waals surface area contributed by atoms with Gasteiger partial charge in [-0.1, -0.05) is 29.8 Å². The minimum absolute atomic E-state index is 0.122. The topological polar surface area (TPSA) is 29.0 Å². The van der Waals surface area contributed by atoms with Gasteiger partial charge in [0.2, 0.25) is 5.13 Å². The second-order valence-electron chi connectivity index (χ2n) is 3.82. The normalized spacial score (nSPS) is 12.2. The largest absolute Gasteiger partial charge is 0.406 e. The summed E-state index contributed by atoms with van der Waals surface area (Å²) < 4.78 is 41.2. The maximum Gasteiger partial charge on any atom is 0.406 e. The van der Waals surface area contributed by atoms with Crippen molar-refractivity contribution in [1.82, 2.24) is 9.36 Å². The first-order valence-corrected chi connectivity index (χ1v) is 6.94. The number of alkyl halides is 4. The van der Waals surface area contributed by atoms with Crippen LogP contribution in [0.3, 0.4) is 0 Å². The van der Waals surface area contributed by atoms with Crippen LogP contribution in [-0.2, 0) is 0 Å². The molecule has 1 heterocycles. The molecular weight excluding hydrogens is 319 g/mol. The Labute approximate surface area is 110 Å². The Balaban J connectivity index is 2.81. The minimum Gasteiger partial charge on any atom is -0.337 e. The van der Waals surface area contributed by atoms with Crippen molar-refractivity contribution < 1.29 is 13.2 Å². The van der Waals surface area contributed by atoms with Crippen molar-refractivity contribution in [3.8, 4) is 0 Å². The van der Waals surface area contributed by atoms with Crippen LogP contribution < -0.4 is 4.90 Å². The van der Waals surface area contributed by atoms with Crippen molar-refractivity contribution >= 4 is 32.6 Å². The van der Waals surface area contributed by atoms with Gasteiger partial charge in [-0.15, -0.1) is 0 Å². The van der Waals surface area contributed by atoms with Crippen molar-refractivity contribution in [2.45, 2.75) is 25.9 Å². The van der Waals surface area contributed by atoms with E-state index in [1.807, 2.05) is 13.8 Å². The molecule has 0 aliphatic heterocycles. The number of halogens is 4. The summed E-state index contributed by atoms with van der Waals surface area (Å²) in [5.41, 5.74) is 0. The maximum atomic E-state index is 12.4. The molecule has 0 aromatic carbocycles. The molecular formula is C9H13BrF3N3S. The highest BCUT2D eigenvalue weighted by molar-refractivity contribution is 9.09. The highest BCUT2D eigenvalue weighted by Gasteiger charge is 2.32. The third-order valence-electron chi connectivity index (χ3n) is 1.94. The minimum atomic E-state index is -4.23. The second-order valence-corrected chi connectivity index (χ2v) is 5.34. The van der Waals surface area contributed by atoms with Crippen molar-refractivity contribution in [3.63, 3.8) is 0 Å². The number of nitrogens with zero attached hydrogens (tertiary/aromatic N) is 3. The number of anilines is 1. The first-order valence-electron chi connectivity index (χ1n) is 5.04. The molecule has 1 aromatic rings. The molecule has 0 saturated heterocycles. The van der Waals surface area contributed by atoms with Gasteiger partial charge >= 0.3 is 6.18 Å². The van der Waals surface area contributed by atoms with Gasteiger partial charge in [0, 0.05) is 29.3 Å². The molecule has 1 rings (SSSR count).